The fourth-order valence-corrected chi connectivity index (χ4v) is 3.20. The lowest BCUT2D eigenvalue weighted by Crippen LogP contribution is -2.39. The monoisotopic (exact) mass is 398 g/mol. The number of aromatic nitrogens is 2. The van der Waals surface area contributed by atoms with Gasteiger partial charge in [0.15, 0.2) is 0 Å². The van der Waals surface area contributed by atoms with Crippen molar-refractivity contribution in [3.63, 3.8) is 0 Å². The minimum Gasteiger partial charge on any atom is -0.315 e. The third kappa shape index (κ3) is 4.51. The molecule has 0 saturated carbocycles. The molecule has 0 fully saturated rings. The Labute approximate surface area is 168 Å². The molecule has 1 atom stereocenters. The number of carbonyl (C=O) groups is 1. The number of urea groups is 1. The first-order valence-corrected chi connectivity index (χ1v) is 9.69. The van der Waals surface area contributed by atoms with E-state index in [0.717, 1.165) is 12.8 Å². The molecule has 146 valence electrons. The van der Waals surface area contributed by atoms with E-state index in [9.17, 15) is 9.59 Å². The molecule has 0 saturated heterocycles. The Morgan fingerprint density at radius 1 is 1.25 bits per heavy atom. The van der Waals surface area contributed by atoms with Crippen molar-refractivity contribution in [1.29, 1.82) is 0 Å². The minimum absolute atomic E-state index is 0.210. The number of hydrogen-bond donors (Lipinski definition) is 2. The number of anilines is 1. The largest absolute Gasteiger partial charge is 0.322 e. The van der Waals surface area contributed by atoms with Gasteiger partial charge in [0.25, 0.3) is 5.56 Å². The van der Waals surface area contributed by atoms with E-state index in [1.54, 1.807) is 47.4 Å². The summed E-state index contributed by atoms with van der Waals surface area (Å²) >= 11 is 6.01. The van der Waals surface area contributed by atoms with Crippen LogP contribution in [0.5, 0.6) is 0 Å². The third-order valence-electron chi connectivity index (χ3n) is 4.58. The standard InChI is InChI=1S/C21H23ClN4O2/c1-3-4-12-26(21(28)23-16-9-7-8-15(22)13-16)14(2)19-24-18-11-6-5-10-17(18)20(27)25-19/h5-11,13-14H,3-4,12H2,1-2H3,(H,23,28)(H,24,25,27). The van der Waals surface area contributed by atoms with Crippen molar-refractivity contribution in [2.45, 2.75) is 32.7 Å². The molecule has 3 aromatic rings. The molecule has 28 heavy (non-hydrogen) atoms. The van der Waals surface area contributed by atoms with E-state index in [4.69, 9.17) is 11.6 Å². The first-order valence-electron chi connectivity index (χ1n) is 9.31. The van der Waals surface area contributed by atoms with Crippen LogP contribution in [0.15, 0.2) is 53.3 Å². The maximum atomic E-state index is 12.9. The number of hydrogen-bond acceptors (Lipinski definition) is 3. The van der Waals surface area contributed by atoms with Crippen LogP contribution in [0, 0.1) is 0 Å². The van der Waals surface area contributed by atoms with E-state index in [2.05, 4.69) is 22.2 Å². The van der Waals surface area contributed by atoms with Gasteiger partial charge in [-0.3, -0.25) is 4.79 Å². The van der Waals surface area contributed by atoms with Crippen molar-refractivity contribution < 1.29 is 4.79 Å². The number of rotatable bonds is 6. The Hall–Kier alpha value is -2.86. The molecule has 0 spiro atoms. The lowest BCUT2D eigenvalue weighted by molar-refractivity contribution is 0.189. The molecule has 7 heteroatoms. The fourth-order valence-electron chi connectivity index (χ4n) is 3.01. The molecule has 0 radical (unpaired) electrons. The highest BCUT2D eigenvalue weighted by molar-refractivity contribution is 6.30. The number of unbranched alkanes of at least 4 members (excludes halogenated alkanes) is 1. The summed E-state index contributed by atoms with van der Waals surface area (Å²) in [7, 11) is 0. The highest BCUT2D eigenvalue weighted by Gasteiger charge is 2.23. The van der Waals surface area contributed by atoms with Crippen molar-refractivity contribution >= 4 is 34.2 Å². The second kappa shape index (κ2) is 8.89. The third-order valence-corrected chi connectivity index (χ3v) is 4.82. The molecule has 3 rings (SSSR count). The summed E-state index contributed by atoms with van der Waals surface area (Å²) in [4.78, 5) is 34.4. The van der Waals surface area contributed by atoms with Gasteiger partial charge in [0, 0.05) is 17.3 Å². The van der Waals surface area contributed by atoms with Crippen LogP contribution in [0.25, 0.3) is 10.9 Å². The Morgan fingerprint density at radius 2 is 2.04 bits per heavy atom. The number of halogens is 1. The number of fused-ring (bicyclic) bond motifs is 1. The van der Waals surface area contributed by atoms with Crippen molar-refractivity contribution in [1.82, 2.24) is 14.9 Å². The van der Waals surface area contributed by atoms with Crippen LogP contribution in [0.2, 0.25) is 5.02 Å². The molecule has 0 aliphatic heterocycles. The number of nitrogens with zero attached hydrogens (tertiary/aromatic N) is 2. The van der Waals surface area contributed by atoms with Gasteiger partial charge in [-0.05, 0) is 43.7 Å². The van der Waals surface area contributed by atoms with Crippen LogP contribution in [0.1, 0.15) is 38.6 Å². The van der Waals surface area contributed by atoms with Crippen LogP contribution < -0.4 is 10.9 Å². The number of amides is 2. The van der Waals surface area contributed by atoms with Crippen molar-refractivity contribution in [2.75, 3.05) is 11.9 Å². The van der Waals surface area contributed by atoms with Gasteiger partial charge in [-0.1, -0.05) is 43.1 Å². The van der Waals surface area contributed by atoms with Crippen LogP contribution in [-0.4, -0.2) is 27.4 Å². The van der Waals surface area contributed by atoms with Crippen LogP contribution in [0.4, 0.5) is 10.5 Å². The highest BCUT2D eigenvalue weighted by Crippen LogP contribution is 2.21. The zero-order chi connectivity index (χ0) is 20.1. The minimum atomic E-state index is -0.400. The molecule has 0 aliphatic rings. The summed E-state index contributed by atoms with van der Waals surface area (Å²) in [6, 6.07) is 13.5. The van der Waals surface area contributed by atoms with E-state index in [1.165, 1.54) is 0 Å². The van der Waals surface area contributed by atoms with Crippen LogP contribution >= 0.6 is 11.6 Å². The van der Waals surface area contributed by atoms with Gasteiger partial charge in [0.05, 0.1) is 16.9 Å². The molecular weight excluding hydrogens is 376 g/mol. The molecule has 0 aliphatic carbocycles. The first-order chi connectivity index (χ1) is 13.5. The average molecular weight is 399 g/mol. The highest BCUT2D eigenvalue weighted by atomic mass is 35.5. The van der Waals surface area contributed by atoms with E-state index in [0.29, 0.717) is 34.0 Å². The summed E-state index contributed by atoms with van der Waals surface area (Å²) in [5, 5.41) is 3.95. The average Bonchev–Trinajstić information content (AvgIpc) is 2.68. The number of H-pyrrole nitrogens is 1. The predicted molar refractivity (Wildman–Crippen MR) is 113 cm³/mol. The molecule has 2 amide bonds. The first kappa shape index (κ1) is 19.9. The van der Waals surface area contributed by atoms with Crippen molar-refractivity contribution in [3.8, 4) is 0 Å². The molecular formula is C21H23ClN4O2. The van der Waals surface area contributed by atoms with E-state index in [1.807, 2.05) is 13.0 Å². The molecule has 2 N–H and O–H groups in total. The van der Waals surface area contributed by atoms with Gasteiger partial charge in [-0.15, -0.1) is 0 Å². The Balaban J connectivity index is 1.90. The van der Waals surface area contributed by atoms with Gasteiger partial charge < -0.3 is 15.2 Å². The van der Waals surface area contributed by atoms with Crippen molar-refractivity contribution in [3.05, 3.63) is 69.7 Å². The fraction of sp³-hybridized carbons (Fsp3) is 0.286. The Bertz CT molecular complexity index is 1030. The Kier molecular flexibility index (Phi) is 6.31. The SMILES string of the molecule is CCCCN(C(=O)Nc1cccc(Cl)c1)C(C)c1nc2ccccc2c(=O)[nH]1. The summed E-state index contributed by atoms with van der Waals surface area (Å²) in [6.07, 6.45) is 1.78. The number of nitrogens with one attached hydrogen (secondary N) is 2. The molecule has 1 unspecified atom stereocenters. The topological polar surface area (TPSA) is 78.1 Å². The zero-order valence-electron chi connectivity index (χ0n) is 15.9. The molecule has 1 heterocycles. The van der Waals surface area contributed by atoms with Gasteiger partial charge in [0.1, 0.15) is 5.82 Å². The zero-order valence-corrected chi connectivity index (χ0v) is 16.7. The summed E-state index contributed by atoms with van der Waals surface area (Å²) in [6.45, 7) is 4.47. The number of aromatic amines is 1. The van der Waals surface area contributed by atoms with E-state index < -0.39 is 6.04 Å². The second-order valence-corrected chi connectivity index (χ2v) is 7.07. The summed E-state index contributed by atoms with van der Waals surface area (Å²) in [5.74, 6) is 0.459. The molecule has 0 bridgehead atoms. The normalized spacial score (nSPS) is 12.0. The Morgan fingerprint density at radius 3 is 2.79 bits per heavy atom. The number of para-hydroxylation sites is 1. The molecule has 2 aromatic carbocycles. The molecule has 1 aromatic heterocycles. The molecule has 6 nitrogen and oxygen atoms in total. The predicted octanol–water partition coefficient (Wildman–Crippen LogP) is 4.97. The summed E-state index contributed by atoms with van der Waals surface area (Å²) < 4.78 is 0. The lowest BCUT2D eigenvalue weighted by atomic mass is 10.2. The number of benzene rings is 2. The second-order valence-electron chi connectivity index (χ2n) is 6.63. The smallest absolute Gasteiger partial charge is 0.315 e. The van der Waals surface area contributed by atoms with Crippen LogP contribution in [0.3, 0.4) is 0 Å². The summed E-state index contributed by atoms with van der Waals surface area (Å²) in [5.41, 5.74) is 1.02. The number of carbonyl (C=O) groups excluding carboxylic acids is 1. The van der Waals surface area contributed by atoms with Gasteiger partial charge in [0.2, 0.25) is 0 Å². The van der Waals surface area contributed by atoms with Crippen molar-refractivity contribution in [2.24, 2.45) is 0 Å². The van der Waals surface area contributed by atoms with Gasteiger partial charge in [-0.25, -0.2) is 9.78 Å². The van der Waals surface area contributed by atoms with Crippen LogP contribution in [-0.2, 0) is 0 Å². The van der Waals surface area contributed by atoms with Gasteiger partial charge >= 0.3 is 6.03 Å². The quantitative estimate of drug-likeness (QED) is 0.615. The van der Waals surface area contributed by atoms with Gasteiger partial charge in [-0.2, -0.15) is 0 Å². The maximum absolute atomic E-state index is 12.9. The maximum Gasteiger partial charge on any atom is 0.322 e. The van der Waals surface area contributed by atoms with E-state index >= 15 is 0 Å². The van der Waals surface area contributed by atoms with E-state index in [-0.39, 0.29) is 11.6 Å². The lowest BCUT2D eigenvalue weighted by Gasteiger charge is -2.29.